The third kappa shape index (κ3) is 5.78. The molecular weight excluding hydrogens is 368 g/mol. The second-order valence-corrected chi connectivity index (χ2v) is 6.88. The number of fused-ring (bicyclic) bond motifs is 1. The molecule has 1 aliphatic heterocycles. The van der Waals surface area contributed by atoms with Gasteiger partial charge in [0, 0.05) is 6.54 Å². The number of aryl methyl sites for hydroxylation is 1. The highest BCUT2D eigenvalue weighted by atomic mass is 16.7. The van der Waals surface area contributed by atoms with Crippen LogP contribution in [0.3, 0.4) is 0 Å². The van der Waals surface area contributed by atoms with Crippen LogP contribution in [-0.4, -0.2) is 42.2 Å². The summed E-state index contributed by atoms with van der Waals surface area (Å²) < 4.78 is 10.6. The largest absolute Gasteiger partial charge is 0.454 e. The molecule has 0 saturated carbocycles. The first-order valence-corrected chi connectivity index (χ1v) is 9.52. The maximum atomic E-state index is 12.7. The Balaban J connectivity index is 1.60. The van der Waals surface area contributed by atoms with Crippen molar-refractivity contribution in [2.75, 3.05) is 19.9 Å². The minimum Gasteiger partial charge on any atom is -0.454 e. The molecule has 2 aromatic carbocycles. The van der Waals surface area contributed by atoms with Gasteiger partial charge >= 0.3 is 0 Å². The Bertz CT molecular complexity index is 922. The van der Waals surface area contributed by atoms with Crippen LogP contribution < -0.4 is 9.47 Å². The first-order valence-electron chi connectivity index (χ1n) is 9.52. The van der Waals surface area contributed by atoms with E-state index in [1.54, 1.807) is 18.2 Å². The minimum absolute atomic E-state index is 0.00780. The van der Waals surface area contributed by atoms with Crippen molar-refractivity contribution in [1.29, 1.82) is 5.41 Å². The van der Waals surface area contributed by atoms with E-state index < -0.39 is 5.91 Å². The van der Waals surface area contributed by atoms with E-state index in [1.807, 2.05) is 36.4 Å². The van der Waals surface area contributed by atoms with E-state index in [1.165, 1.54) is 23.5 Å². The highest BCUT2D eigenvalue weighted by molar-refractivity contribution is 6.42. The molecule has 0 radical (unpaired) electrons. The fourth-order valence-electron chi connectivity index (χ4n) is 3.08. The van der Waals surface area contributed by atoms with Crippen molar-refractivity contribution in [3.05, 3.63) is 65.7 Å². The van der Waals surface area contributed by atoms with Gasteiger partial charge in [-0.15, -0.1) is 0 Å². The maximum absolute atomic E-state index is 12.7. The van der Waals surface area contributed by atoms with Crippen molar-refractivity contribution in [3.63, 3.8) is 0 Å². The van der Waals surface area contributed by atoms with Crippen molar-refractivity contribution >= 4 is 23.5 Å². The van der Waals surface area contributed by atoms with Crippen LogP contribution in [0.1, 0.15) is 24.5 Å². The van der Waals surface area contributed by atoms with E-state index >= 15 is 0 Å². The fraction of sp³-hybridized carbons (Fsp3) is 0.261. The summed E-state index contributed by atoms with van der Waals surface area (Å²) in [6.45, 7) is 2.07. The molecule has 3 rings (SSSR count). The third-order valence-corrected chi connectivity index (χ3v) is 4.51. The van der Waals surface area contributed by atoms with Gasteiger partial charge in [-0.05, 0) is 49.1 Å². The number of nitrogens with one attached hydrogen (secondary N) is 1. The molecule has 1 aliphatic rings. The van der Waals surface area contributed by atoms with E-state index in [9.17, 15) is 9.59 Å². The quantitative estimate of drug-likeness (QED) is 0.663. The van der Waals surface area contributed by atoms with Crippen molar-refractivity contribution < 1.29 is 19.1 Å². The van der Waals surface area contributed by atoms with Gasteiger partial charge in [0.15, 0.2) is 11.5 Å². The number of nitrogens with zero attached hydrogens (tertiary/aromatic N) is 1. The summed E-state index contributed by atoms with van der Waals surface area (Å²) in [6, 6.07) is 15.4. The minimum atomic E-state index is -0.453. The molecule has 29 heavy (non-hydrogen) atoms. The summed E-state index contributed by atoms with van der Waals surface area (Å²) in [6.07, 6.45) is 4.66. The lowest BCUT2D eigenvalue weighted by atomic mass is 10.1. The molecule has 6 heteroatoms. The molecule has 6 nitrogen and oxygen atoms in total. The molecule has 0 aliphatic carbocycles. The van der Waals surface area contributed by atoms with Gasteiger partial charge in [0.1, 0.15) is 11.5 Å². The summed E-state index contributed by atoms with van der Waals surface area (Å²) in [5.41, 5.74) is 1.82. The van der Waals surface area contributed by atoms with E-state index in [0.29, 0.717) is 18.0 Å². The zero-order valence-electron chi connectivity index (χ0n) is 16.4. The molecule has 1 N–H and O–H groups in total. The molecule has 1 heterocycles. The molecular formula is C23H24N2O4. The first-order chi connectivity index (χ1) is 14.0. The first kappa shape index (κ1) is 20.3. The van der Waals surface area contributed by atoms with E-state index in [4.69, 9.17) is 14.9 Å². The predicted molar refractivity (Wildman–Crippen MR) is 111 cm³/mol. The molecule has 0 fully saturated rings. The molecule has 150 valence electrons. The van der Waals surface area contributed by atoms with Crippen molar-refractivity contribution in [2.45, 2.75) is 19.8 Å². The lowest BCUT2D eigenvalue weighted by Crippen LogP contribution is -2.39. The van der Waals surface area contributed by atoms with Crippen molar-refractivity contribution in [2.24, 2.45) is 0 Å². The van der Waals surface area contributed by atoms with Crippen molar-refractivity contribution in [1.82, 2.24) is 4.90 Å². The molecule has 0 bridgehead atoms. The monoisotopic (exact) mass is 392 g/mol. The van der Waals surface area contributed by atoms with Crippen LogP contribution in [0.15, 0.2) is 54.6 Å². The summed E-state index contributed by atoms with van der Waals surface area (Å²) in [4.78, 5) is 25.7. The van der Waals surface area contributed by atoms with Crippen LogP contribution in [0.5, 0.6) is 11.5 Å². The lowest BCUT2D eigenvalue weighted by molar-refractivity contribution is -0.129. The number of hydrogen-bond acceptors (Lipinski definition) is 5. The normalized spacial score (nSPS) is 12.2. The SMILES string of the molecule is CC(=O)CN(CCCc1ccccc1)C(=O)C(=N)C=Cc1ccc2c(c1)OCO2. The standard InChI is InChI=1S/C23H24N2O4/c1-17(26)15-25(13-5-8-18-6-3-2-4-7-18)23(27)20(24)11-9-19-10-12-21-22(14-19)29-16-28-21/h2-4,6-7,9-12,14,24H,5,8,13,15-16H2,1H3. The van der Waals surface area contributed by atoms with Crippen LogP contribution in [0, 0.1) is 5.41 Å². The number of carbonyl (C=O) groups excluding carboxylic acids is 2. The van der Waals surface area contributed by atoms with Gasteiger partial charge in [-0.3, -0.25) is 15.0 Å². The molecule has 0 unspecified atom stereocenters. The molecule has 0 aromatic heterocycles. The molecule has 0 spiro atoms. The van der Waals surface area contributed by atoms with Crippen LogP contribution in [-0.2, 0) is 16.0 Å². The lowest BCUT2D eigenvalue weighted by Gasteiger charge is -2.21. The zero-order valence-corrected chi connectivity index (χ0v) is 16.4. The average Bonchev–Trinajstić information content (AvgIpc) is 3.19. The summed E-state index contributed by atoms with van der Waals surface area (Å²) in [7, 11) is 0. The summed E-state index contributed by atoms with van der Waals surface area (Å²) in [5.74, 6) is 0.763. The van der Waals surface area contributed by atoms with Gasteiger partial charge in [-0.1, -0.05) is 42.5 Å². The molecule has 0 atom stereocenters. The highest BCUT2D eigenvalue weighted by Gasteiger charge is 2.18. The van der Waals surface area contributed by atoms with Gasteiger partial charge in [-0.25, -0.2) is 0 Å². The van der Waals surface area contributed by atoms with Gasteiger partial charge < -0.3 is 14.4 Å². The third-order valence-electron chi connectivity index (χ3n) is 4.51. The predicted octanol–water partition coefficient (Wildman–Crippen LogP) is 3.50. The summed E-state index contributed by atoms with van der Waals surface area (Å²) >= 11 is 0. The highest BCUT2D eigenvalue weighted by Crippen LogP contribution is 2.32. The average molecular weight is 392 g/mol. The Morgan fingerprint density at radius 2 is 1.86 bits per heavy atom. The number of rotatable bonds is 9. The maximum Gasteiger partial charge on any atom is 0.272 e. The number of Topliss-reactive ketones (excluding diaryl/α,β-unsaturated/α-hetero) is 1. The number of hydrogen-bond donors (Lipinski definition) is 1. The van der Waals surface area contributed by atoms with Gasteiger partial charge in [0.25, 0.3) is 5.91 Å². The Kier molecular flexibility index (Phi) is 6.79. The fourth-order valence-corrected chi connectivity index (χ4v) is 3.08. The van der Waals surface area contributed by atoms with Crippen LogP contribution in [0.25, 0.3) is 6.08 Å². The number of benzene rings is 2. The number of carbonyl (C=O) groups is 2. The Labute approximate surface area is 170 Å². The smallest absolute Gasteiger partial charge is 0.272 e. The van der Waals surface area contributed by atoms with E-state index in [2.05, 4.69) is 0 Å². The van der Waals surface area contributed by atoms with Crippen LogP contribution in [0.4, 0.5) is 0 Å². The zero-order chi connectivity index (χ0) is 20.6. The number of ketones is 1. The van der Waals surface area contributed by atoms with Gasteiger partial charge in [-0.2, -0.15) is 0 Å². The second kappa shape index (κ2) is 9.68. The van der Waals surface area contributed by atoms with E-state index in [0.717, 1.165) is 18.4 Å². The van der Waals surface area contributed by atoms with Gasteiger partial charge in [0.05, 0.1) is 6.54 Å². The Hall–Kier alpha value is -3.41. The second-order valence-electron chi connectivity index (χ2n) is 6.88. The molecule has 0 saturated heterocycles. The number of ether oxygens (including phenoxy) is 2. The molecule has 1 amide bonds. The van der Waals surface area contributed by atoms with Crippen LogP contribution >= 0.6 is 0 Å². The van der Waals surface area contributed by atoms with Gasteiger partial charge in [0.2, 0.25) is 6.79 Å². The molecule has 2 aromatic rings. The van der Waals surface area contributed by atoms with Crippen molar-refractivity contribution in [3.8, 4) is 11.5 Å². The number of amides is 1. The van der Waals surface area contributed by atoms with Crippen LogP contribution in [0.2, 0.25) is 0 Å². The summed E-state index contributed by atoms with van der Waals surface area (Å²) in [5, 5.41) is 8.13. The topological polar surface area (TPSA) is 79.7 Å². The Morgan fingerprint density at radius 3 is 2.62 bits per heavy atom. The van der Waals surface area contributed by atoms with E-state index in [-0.39, 0.29) is 24.8 Å². The Morgan fingerprint density at radius 1 is 1.10 bits per heavy atom.